The maximum absolute atomic E-state index is 6.39. The first-order chi connectivity index (χ1) is 15.6. The zero-order valence-corrected chi connectivity index (χ0v) is 20.8. The molecule has 172 valence electrons. The molecular formula is C27H34Cl2N2O. The molecule has 0 bridgehead atoms. The topological polar surface area (TPSA) is 17.4 Å². The van der Waals surface area contributed by atoms with E-state index in [0.717, 1.165) is 19.4 Å². The predicted molar refractivity (Wildman–Crippen MR) is 136 cm³/mol. The van der Waals surface area contributed by atoms with Gasteiger partial charge in [-0.2, -0.15) is 0 Å². The lowest BCUT2D eigenvalue weighted by Crippen LogP contribution is -2.30. The summed E-state index contributed by atoms with van der Waals surface area (Å²) >= 11 is 12.5. The molecule has 1 aliphatic heterocycles. The molecule has 0 atom stereocenters. The normalized spacial score (nSPS) is 14.9. The van der Waals surface area contributed by atoms with Gasteiger partial charge in [0.05, 0.1) is 16.2 Å². The monoisotopic (exact) mass is 472 g/mol. The Hall–Kier alpha value is -1.68. The Morgan fingerprint density at radius 3 is 2.56 bits per heavy atom. The molecule has 3 aromatic rings. The first kappa shape index (κ1) is 23.5. The van der Waals surface area contributed by atoms with Crippen LogP contribution in [-0.2, 0) is 19.6 Å². The van der Waals surface area contributed by atoms with Crippen LogP contribution in [0.1, 0.15) is 55.8 Å². The lowest BCUT2D eigenvalue weighted by atomic mass is 10.0. The highest BCUT2D eigenvalue weighted by Gasteiger charge is 2.19. The molecule has 32 heavy (non-hydrogen) atoms. The average molecular weight is 473 g/mol. The van der Waals surface area contributed by atoms with Crippen LogP contribution in [0.25, 0.3) is 10.9 Å². The number of aryl methyl sites for hydroxylation is 3. The van der Waals surface area contributed by atoms with Crippen molar-refractivity contribution in [3.63, 3.8) is 0 Å². The van der Waals surface area contributed by atoms with Gasteiger partial charge in [-0.15, -0.1) is 0 Å². The summed E-state index contributed by atoms with van der Waals surface area (Å²) in [5.41, 5.74) is 5.38. The van der Waals surface area contributed by atoms with E-state index in [1.165, 1.54) is 73.0 Å². The highest BCUT2D eigenvalue weighted by atomic mass is 35.5. The summed E-state index contributed by atoms with van der Waals surface area (Å²) < 4.78 is 8.73. The number of nitrogens with zero attached hydrogens (tertiary/aromatic N) is 2. The van der Waals surface area contributed by atoms with Crippen LogP contribution in [0.5, 0.6) is 5.75 Å². The van der Waals surface area contributed by atoms with Crippen LogP contribution in [-0.4, -0.2) is 29.1 Å². The van der Waals surface area contributed by atoms with E-state index >= 15 is 0 Å². The number of likely N-dealkylation sites (tertiary alicyclic amines) is 1. The van der Waals surface area contributed by atoms with Gasteiger partial charge < -0.3 is 14.2 Å². The summed E-state index contributed by atoms with van der Waals surface area (Å²) in [6.45, 7) is 9.63. The van der Waals surface area contributed by atoms with Gasteiger partial charge in [0.15, 0.2) is 0 Å². The molecule has 1 aromatic heterocycles. The molecule has 0 aliphatic carbocycles. The Labute approximate surface area is 202 Å². The number of aromatic nitrogens is 1. The second-order valence-corrected chi connectivity index (χ2v) is 9.76. The highest BCUT2D eigenvalue weighted by Crippen LogP contribution is 2.33. The summed E-state index contributed by atoms with van der Waals surface area (Å²) in [5.74, 6) is 0.681. The molecule has 0 saturated carbocycles. The molecule has 2 heterocycles. The summed E-state index contributed by atoms with van der Waals surface area (Å²) in [4.78, 5) is 2.63. The molecule has 4 rings (SSSR count). The van der Waals surface area contributed by atoms with Gasteiger partial charge in [0.1, 0.15) is 12.4 Å². The van der Waals surface area contributed by atoms with Crippen LogP contribution in [0.2, 0.25) is 10.0 Å². The third-order valence-corrected chi connectivity index (χ3v) is 7.09. The van der Waals surface area contributed by atoms with Crippen LogP contribution in [0.3, 0.4) is 0 Å². The second-order valence-electron chi connectivity index (χ2n) is 8.92. The average Bonchev–Trinajstić information content (AvgIpc) is 3.08. The molecule has 0 unspecified atom stereocenters. The first-order valence-corrected chi connectivity index (χ1v) is 12.7. The van der Waals surface area contributed by atoms with Gasteiger partial charge in [-0.3, -0.25) is 0 Å². The van der Waals surface area contributed by atoms with E-state index in [-0.39, 0.29) is 0 Å². The Balaban J connectivity index is 1.63. The van der Waals surface area contributed by atoms with Crippen molar-refractivity contribution in [3.05, 3.63) is 63.3 Å². The minimum Gasteiger partial charge on any atom is -0.486 e. The first-order valence-electron chi connectivity index (χ1n) is 12.0. The highest BCUT2D eigenvalue weighted by molar-refractivity contribution is 6.35. The molecule has 0 amide bonds. The molecule has 0 spiro atoms. The summed E-state index contributed by atoms with van der Waals surface area (Å²) in [6.07, 6.45) is 7.40. The zero-order valence-electron chi connectivity index (χ0n) is 19.3. The van der Waals surface area contributed by atoms with E-state index in [1.54, 1.807) is 6.07 Å². The van der Waals surface area contributed by atoms with Crippen molar-refractivity contribution >= 4 is 34.1 Å². The number of para-hydroxylation sites is 1. The van der Waals surface area contributed by atoms with Gasteiger partial charge in [0.2, 0.25) is 0 Å². The summed E-state index contributed by atoms with van der Waals surface area (Å²) in [7, 11) is 0. The molecule has 1 aliphatic rings. The number of benzene rings is 2. The van der Waals surface area contributed by atoms with E-state index < -0.39 is 0 Å². The van der Waals surface area contributed by atoms with Crippen molar-refractivity contribution in [2.24, 2.45) is 0 Å². The third-order valence-electron chi connectivity index (χ3n) is 6.56. The van der Waals surface area contributed by atoms with Gasteiger partial charge in [0.25, 0.3) is 0 Å². The summed E-state index contributed by atoms with van der Waals surface area (Å²) in [5, 5.41) is 2.55. The van der Waals surface area contributed by atoms with Crippen LogP contribution < -0.4 is 4.74 Å². The third kappa shape index (κ3) is 5.27. The summed E-state index contributed by atoms with van der Waals surface area (Å²) in [6, 6.07) is 12.1. The van der Waals surface area contributed by atoms with Crippen LogP contribution in [0.15, 0.2) is 36.4 Å². The van der Waals surface area contributed by atoms with Crippen LogP contribution in [0, 0.1) is 6.92 Å². The van der Waals surface area contributed by atoms with Crippen LogP contribution in [0.4, 0.5) is 0 Å². The molecule has 5 heteroatoms. The minimum atomic E-state index is 0.508. The van der Waals surface area contributed by atoms with E-state index in [9.17, 15) is 0 Å². The number of rotatable bonds is 9. The molecule has 1 saturated heterocycles. The fraction of sp³-hybridized carbons (Fsp3) is 0.481. The molecular weight excluding hydrogens is 439 g/mol. The molecule has 3 nitrogen and oxygen atoms in total. The number of halogens is 2. The number of hydrogen-bond donors (Lipinski definition) is 0. The fourth-order valence-corrected chi connectivity index (χ4v) is 5.49. The predicted octanol–water partition coefficient (Wildman–Crippen LogP) is 7.66. The lowest BCUT2D eigenvalue weighted by Gasteiger charge is -2.26. The Kier molecular flexibility index (Phi) is 8.04. The van der Waals surface area contributed by atoms with Gasteiger partial charge in [0, 0.05) is 17.0 Å². The standard InChI is InChI=1S/C27H34Cl2N2O/c1-3-14-31-25(19-32-26-13-12-21(28)18-24(26)29)22(23-10-7-9-20(2)27(23)31)11-8-17-30-15-5-4-6-16-30/h7,9-10,12-13,18H,3-6,8,11,14-17,19H2,1-2H3. The van der Waals surface area contributed by atoms with E-state index in [4.69, 9.17) is 27.9 Å². The van der Waals surface area contributed by atoms with Gasteiger partial charge >= 0.3 is 0 Å². The van der Waals surface area contributed by atoms with Gasteiger partial charge in [-0.05, 0) is 88.0 Å². The van der Waals surface area contributed by atoms with Crippen molar-refractivity contribution in [2.75, 3.05) is 19.6 Å². The van der Waals surface area contributed by atoms with Gasteiger partial charge in [-0.25, -0.2) is 0 Å². The minimum absolute atomic E-state index is 0.508. The number of fused-ring (bicyclic) bond motifs is 1. The SMILES string of the molecule is CCCn1c(COc2ccc(Cl)cc2Cl)c(CCCN2CCCCC2)c2cccc(C)c21. The van der Waals surface area contributed by atoms with E-state index in [0.29, 0.717) is 22.4 Å². The molecule has 0 radical (unpaired) electrons. The smallest absolute Gasteiger partial charge is 0.138 e. The van der Waals surface area contributed by atoms with E-state index in [1.807, 2.05) is 12.1 Å². The number of ether oxygens (including phenoxy) is 1. The van der Waals surface area contributed by atoms with E-state index in [2.05, 4.69) is 41.5 Å². The largest absolute Gasteiger partial charge is 0.486 e. The number of hydrogen-bond acceptors (Lipinski definition) is 2. The Morgan fingerprint density at radius 1 is 1.00 bits per heavy atom. The lowest BCUT2D eigenvalue weighted by molar-refractivity contribution is 0.226. The zero-order chi connectivity index (χ0) is 22.5. The van der Waals surface area contributed by atoms with Crippen molar-refractivity contribution in [2.45, 2.75) is 65.5 Å². The molecule has 0 N–H and O–H groups in total. The molecule has 1 fully saturated rings. The van der Waals surface area contributed by atoms with Crippen molar-refractivity contribution in [1.29, 1.82) is 0 Å². The van der Waals surface area contributed by atoms with Crippen molar-refractivity contribution in [3.8, 4) is 5.75 Å². The molecule has 2 aromatic carbocycles. The Morgan fingerprint density at radius 2 is 1.81 bits per heavy atom. The number of piperidine rings is 1. The quantitative estimate of drug-likeness (QED) is 0.317. The van der Waals surface area contributed by atoms with Gasteiger partial charge in [-0.1, -0.05) is 54.7 Å². The maximum atomic E-state index is 6.39. The van der Waals surface area contributed by atoms with Crippen molar-refractivity contribution < 1.29 is 4.74 Å². The van der Waals surface area contributed by atoms with Crippen LogP contribution >= 0.6 is 23.2 Å². The maximum Gasteiger partial charge on any atom is 0.138 e. The van der Waals surface area contributed by atoms with Crippen molar-refractivity contribution in [1.82, 2.24) is 9.47 Å². The fourth-order valence-electron chi connectivity index (χ4n) is 5.03. The second kappa shape index (κ2) is 11.0. The Bertz CT molecular complexity index is 1050.